The molecule has 0 saturated carbocycles. The molecule has 5 nitrogen and oxygen atoms in total. The van der Waals surface area contributed by atoms with Crippen LogP contribution in [-0.4, -0.2) is 63.5 Å². The number of aromatic nitrogens is 2. The van der Waals surface area contributed by atoms with Crippen molar-refractivity contribution in [2.75, 3.05) is 32.8 Å². The Balaban J connectivity index is 1.62. The summed E-state index contributed by atoms with van der Waals surface area (Å²) in [5.41, 5.74) is 2.26. The molecule has 0 spiro atoms. The van der Waals surface area contributed by atoms with E-state index in [0.717, 1.165) is 50.4 Å². The van der Waals surface area contributed by atoms with Crippen LogP contribution < -0.4 is 0 Å². The zero-order chi connectivity index (χ0) is 19.4. The lowest BCUT2D eigenvalue weighted by Crippen LogP contribution is -2.54. The summed E-state index contributed by atoms with van der Waals surface area (Å²) in [7, 11) is 0. The molecule has 1 aliphatic heterocycles. The van der Waals surface area contributed by atoms with Gasteiger partial charge in [-0.2, -0.15) is 5.10 Å². The van der Waals surface area contributed by atoms with E-state index in [1.807, 2.05) is 12.4 Å². The van der Waals surface area contributed by atoms with E-state index < -0.39 is 0 Å². The van der Waals surface area contributed by atoms with Crippen molar-refractivity contribution in [3.63, 3.8) is 0 Å². The van der Waals surface area contributed by atoms with Gasteiger partial charge in [0.2, 0.25) is 0 Å². The summed E-state index contributed by atoms with van der Waals surface area (Å²) in [5, 5.41) is 13.9. The first-order valence-corrected chi connectivity index (χ1v) is 9.71. The number of aliphatic hydroxyl groups is 1. The zero-order valence-electron chi connectivity index (χ0n) is 16.6. The molecule has 3 rings (SSSR count). The number of nitrogens with zero attached hydrogens (tertiary/aromatic N) is 4. The normalized spacial score (nSPS) is 19.5. The standard InChI is InChI=1S/C21H31FN4O/c1-21(2,3)16-25-10-9-24(15-20(25)8-11-27)13-17-12-23-26(14-17)19-6-4-18(22)5-7-19/h4-7,12,14,20,27H,8-11,13,15-16H2,1-3H3/t20-/m1/s1. The van der Waals surface area contributed by atoms with E-state index in [9.17, 15) is 9.50 Å². The molecule has 0 bridgehead atoms. The predicted molar refractivity (Wildman–Crippen MR) is 105 cm³/mol. The van der Waals surface area contributed by atoms with Gasteiger partial charge in [0, 0.05) is 57.1 Å². The first-order chi connectivity index (χ1) is 12.8. The summed E-state index contributed by atoms with van der Waals surface area (Å²) in [5.74, 6) is -0.241. The second-order valence-electron chi connectivity index (χ2n) is 8.70. The smallest absolute Gasteiger partial charge is 0.123 e. The maximum atomic E-state index is 13.1. The van der Waals surface area contributed by atoms with Gasteiger partial charge in [-0.15, -0.1) is 0 Å². The summed E-state index contributed by atoms with van der Waals surface area (Å²) in [6.07, 6.45) is 4.70. The maximum absolute atomic E-state index is 13.1. The molecule has 2 heterocycles. The molecule has 6 heteroatoms. The summed E-state index contributed by atoms with van der Waals surface area (Å²) >= 11 is 0. The molecule has 1 saturated heterocycles. The van der Waals surface area contributed by atoms with E-state index in [4.69, 9.17) is 0 Å². The van der Waals surface area contributed by atoms with Crippen LogP contribution in [0.2, 0.25) is 0 Å². The number of benzene rings is 1. The SMILES string of the molecule is CC(C)(C)CN1CCN(Cc2cnn(-c3ccc(F)cc3)c2)C[C@H]1CCO. The Morgan fingerprint density at radius 2 is 1.93 bits per heavy atom. The first kappa shape index (κ1) is 20.0. The Morgan fingerprint density at radius 1 is 1.19 bits per heavy atom. The second-order valence-corrected chi connectivity index (χ2v) is 8.70. The van der Waals surface area contributed by atoms with Crippen LogP contribution in [0.15, 0.2) is 36.7 Å². The number of hydrogen-bond donors (Lipinski definition) is 1. The molecule has 148 valence electrons. The third-order valence-electron chi connectivity index (χ3n) is 4.96. The highest BCUT2D eigenvalue weighted by molar-refractivity contribution is 5.31. The summed E-state index contributed by atoms with van der Waals surface area (Å²) in [6, 6.07) is 6.74. The third-order valence-corrected chi connectivity index (χ3v) is 4.96. The first-order valence-electron chi connectivity index (χ1n) is 9.71. The van der Waals surface area contributed by atoms with Gasteiger partial charge in [0.15, 0.2) is 0 Å². The van der Waals surface area contributed by atoms with Gasteiger partial charge in [0.1, 0.15) is 5.82 Å². The van der Waals surface area contributed by atoms with Crippen LogP contribution >= 0.6 is 0 Å². The van der Waals surface area contributed by atoms with Crippen LogP contribution in [0.25, 0.3) is 5.69 Å². The topological polar surface area (TPSA) is 44.5 Å². The van der Waals surface area contributed by atoms with Gasteiger partial charge in [-0.05, 0) is 36.1 Å². The summed E-state index contributed by atoms with van der Waals surface area (Å²) in [4.78, 5) is 4.96. The van der Waals surface area contributed by atoms with E-state index in [2.05, 4.69) is 35.7 Å². The minimum Gasteiger partial charge on any atom is -0.396 e. The maximum Gasteiger partial charge on any atom is 0.123 e. The molecule has 1 N–H and O–H groups in total. The lowest BCUT2D eigenvalue weighted by Gasteiger charge is -2.43. The summed E-state index contributed by atoms with van der Waals surface area (Å²) in [6.45, 7) is 11.9. The van der Waals surface area contributed by atoms with Crippen molar-refractivity contribution in [3.8, 4) is 5.69 Å². The molecule has 0 radical (unpaired) electrons. The average Bonchev–Trinajstić information content (AvgIpc) is 3.05. The van der Waals surface area contributed by atoms with Crippen molar-refractivity contribution in [3.05, 3.63) is 48.0 Å². The number of piperazine rings is 1. The van der Waals surface area contributed by atoms with Gasteiger partial charge in [0.05, 0.1) is 11.9 Å². The van der Waals surface area contributed by atoms with E-state index in [-0.39, 0.29) is 17.8 Å². The zero-order valence-corrected chi connectivity index (χ0v) is 16.6. The monoisotopic (exact) mass is 374 g/mol. The molecule has 1 aromatic carbocycles. The van der Waals surface area contributed by atoms with Crippen LogP contribution in [0.3, 0.4) is 0 Å². The Morgan fingerprint density at radius 3 is 2.59 bits per heavy atom. The van der Waals surface area contributed by atoms with Crippen molar-refractivity contribution in [1.82, 2.24) is 19.6 Å². The van der Waals surface area contributed by atoms with E-state index in [0.29, 0.717) is 6.04 Å². The van der Waals surface area contributed by atoms with Gasteiger partial charge in [-0.25, -0.2) is 9.07 Å². The average molecular weight is 375 g/mol. The van der Waals surface area contributed by atoms with Crippen molar-refractivity contribution in [2.24, 2.45) is 5.41 Å². The highest BCUT2D eigenvalue weighted by atomic mass is 19.1. The Labute approximate surface area is 161 Å². The summed E-state index contributed by atoms with van der Waals surface area (Å²) < 4.78 is 14.9. The number of hydrogen-bond acceptors (Lipinski definition) is 4. The molecule has 0 unspecified atom stereocenters. The fourth-order valence-corrected chi connectivity index (χ4v) is 3.78. The molecule has 1 atom stereocenters. The van der Waals surface area contributed by atoms with Crippen LogP contribution in [0, 0.1) is 11.2 Å². The second kappa shape index (κ2) is 8.50. The molecule has 0 amide bonds. The van der Waals surface area contributed by atoms with Gasteiger partial charge in [-0.3, -0.25) is 9.80 Å². The van der Waals surface area contributed by atoms with E-state index >= 15 is 0 Å². The molecular weight excluding hydrogens is 343 g/mol. The molecule has 2 aromatic rings. The third kappa shape index (κ3) is 5.61. The molecule has 0 aliphatic carbocycles. The van der Waals surface area contributed by atoms with Crippen LogP contribution in [0.5, 0.6) is 0 Å². The van der Waals surface area contributed by atoms with Crippen molar-refractivity contribution < 1.29 is 9.50 Å². The minimum absolute atomic E-state index is 0.224. The highest BCUT2D eigenvalue weighted by Crippen LogP contribution is 2.22. The molecule has 1 fully saturated rings. The fourth-order valence-electron chi connectivity index (χ4n) is 3.78. The van der Waals surface area contributed by atoms with Gasteiger partial charge >= 0.3 is 0 Å². The molecule has 1 aliphatic rings. The Hall–Kier alpha value is -1.76. The van der Waals surface area contributed by atoms with E-state index in [1.54, 1.807) is 16.8 Å². The largest absolute Gasteiger partial charge is 0.396 e. The molecular formula is C21H31FN4O. The molecule has 27 heavy (non-hydrogen) atoms. The minimum atomic E-state index is -0.241. The predicted octanol–water partition coefficient (Wildman–Crippen LogP) is 2.93. The van der Waals surface area contributed by atoms with Gasteiger partial charge < -0.3 is 5.11 Å². The van der Waals surface area contributed by atoms with Crippen molar-refractivity contribution >= 4 is 0 Å². The lowest BCUT2D eigenvalue weighted by atomic mass is 9.94. The van der Waals surface area contributed by atoms with Gasteiger partial charge in [-0.1, -0.05) is 20.8 Å². The van der Waals surface area contributed by atoms with E-state index in [1.165, 1.54) is 12.1 Å². The highest BCUT2D eigenvalue weighted by Gasteiger charge is 2.29. The fraction of sp³-hybridized carbons (Fsp3) is 0.571. The lowest BCUT2D eigenvalue weighted by molar-refractivity contribution is 0.0340. The van der Waals surface area contributed by atoms with Crippen LogP contribution in [-0.2, 0) is 6.54 Å². The quantitative estimate of drug-likeness (QED) is 0.844. The Bertz CT molecular complexity index is 723. The van der Waals surface area contributed by atoms with Crippen molar-refractivity contribution in [1.29, 1.82) is 0 Å². The molecule has 1 aromatic heterocycles. The van der Waals surface area contributed by atoms with Gasteiger partial charge in [0.25, 0.3) is 0 Å². The number of aliphatic hydroxyl groups excluding tert-OH is 1. The Kier molecular flexibility index (Phi) is 6.29. The van der Waals surface area contributed by atoms with Crippen LogP contribution in [0.1, 0.15) is 32.8 Å². The number of rotatable bonds is 6. The number of halogens is 1. The van der Waals surface area contributed by atoms with Crippen LogP contribution in [0.4, 0.5) is 4.39 Å². The van der Waals surface area contributed by atoms with Crippen molar-refractivity contribution in [2.45, 2.75) is 39.8 Å².